The summed E-state index contributed by atoms with van der Waals surface area (Å²) in [6, 6.07) is 3.32. The van der Waals surface area contributed by atoms with Crippen LogP contribution in [0.15, 0.2) is 18.3 Å². The fraction of sp³-hybridized carbons (Fsp3) is 0.583. The number of nitrogens with zero attached hydrogens (tertiary/aromatic N) is 2. The molecule has 7 nitrogen and oxygen atoms in total. The van der Waals surface area contributed by atoms with Crippen LogP contribution in [0.3, 0.4) is 0 Å². The average molecular weight is 300 g/mol. The summed E-state index contributed by atoms with van der Waals surface area (Å²) >= 11 is 0. The minimum Gasteiger partial charge on any atom is -0.474 e. The lowest BCUT2D eigenvalue weighted by atomic mass is 10.1. The molecule has 0 amide bonds. The molecule has 1 aliphatic rings. The Balaban J connectivity index is 1.96. The highest BCUT2D eigenvalue weighted by molar-refractivity contribution is 7.90. The Kier molecular flexibility index (Phi) is 4.79. The molecule has 0 atom stereocenters. The molecule has 8 heteroatoms. The van der Waals surface area contributed by atoms with Crippen LogP contribution in [0.25, 0.3) is 0 Å². The van der Waals surface area contributed by atoms with Crippen molar-refractivity contribution in [2.24, 2.45) is 0 Å². The zero-order valence-corrected chi connectivity index (χ0v) is 12.5. The molecule has 1 aromatic rings. The Hall–Kier alpha value is -1.38. The summed E-state index contributed by atoms with van der Waals surface area (Å²) in [6.07, 6.45) is 3.54. The van der Waals surface area contributed by atoms with E-state index >= 15 is 0 Å². The predicted molar refractivity (Wildman–Crippen MR) is 77.0 cm³/mol. The summed E-state index contributed by atoms with van der Waals surface area (Å²) in [5.74, 6) is 0.518. The quantitative estimate of drug-likeness (QED) is 0.824. The molecular formula is C12H20N4O3S. The van der Waals surface area contributed by atoms with Gasteiger partial charge in [-0.25, -0.2) is 4.98 Å². The van der Waals surface area contributed by atoms with Gasteiger partial charge in [0.1, 0.15) is 6.10 Å². The Morgan fingerprint density at radius 1 is 1.35 bits per heavy atom. The number of hydrogen-bond donors (Lipinski definition) is 2. The van der Waals surface area contributed by atoms with Gasteiger partial charge in [-0.1, -0.05) is 0 Å². The van der Waals surface area contributed by atoms with Gasteiger partial charge in [0.2, 0.25) is 5.88 Å². The SMILES string of the molecule is CN(C)S(=O)(=O)Nc1ccc(OC2CCNCC2)nc1. The van der Waals surface area contributed by atoms with E-state index in [2.05, 4.69) is 15.0 Å². The maximum Gasteiger partial charge on any atom is 0.301 e. The summed E-state index contributed by atoms with van der Waals surface area (Å²) in [6.45, 7) is 1.90. The molecule has 0 bridgehead atoms. The minimum absolute atomic E-state index is 0.174. The summed E-state index contributed by atoms with van der Waals surface area (Å²) in [5.41, 5.74) is 0.413. The normalized spacial score (nSPS) is 17.1. The van der Waals surface area contributed by atoms with Crippen molar-refractivity contribution in [2.75, 3.05) is 31.9 Å². The Morgan fingerprint density at radius 3 is 2.60 bits per heavy atom. The van der Waals surface area contributed by atoms with E-state index in [1.165, 1.54) is 20.3 Å². The summed E-state index contributed by atoms with van der Waals surface area (Å²) < 4.78 is 32.6. The first-order valence-electron chi connectivity index (χ1n) is 6.51. The van der Waals surface area contributed by atoms with E-state index in [0.29, 0.717) is 11.6 Å². The molecule has 112 valence electrons. The van der Waals surface area contributed by atoms with E-state index in [1.807, 2.05) is 0 Å². The van der Waals surface area contributed by atoms with Crippen molar-refractivity contribution in [3.05, 3.63) is 18.3 Å². The lowest BCUT2D eigenvalue weighted by Crippen LogP contribution is -2.34. The van der Waals surface area contributed by atoms with Crippen LogP contribution in [-0.2, 0) is 10.2 Å². The molecule has 0 unspecified atom stereocenters. The molecular weight excluding hydrogens is 280 g/mol. The van der Waals surface area contributed by atoms with Crippen LogP contribution >= 0.6 is 0 Å². The minimum atomic E-state index is -3.50. The van der Waals surface area contributed by atoms with Crippen molar-refractivity contribution >= 4 is 15.9 Å². The molecule has 0 radical (unpaired) electrons. The van der Waals surface area contributed by atoms with Gasteiger partial charge < -0.3 is 10.1 Å². The zero-order chi connectivity index (χ0) is 14.6. The van der Waals surface area contributed by atoms with Crippen LogP contribution in [0.4, 0.5) is 5.69 Å². The van der Waals surface area contributed by atoms with Crippen molar-refractivity contribution in [1.29, 1.82) is 0 Å². The summed E-state index contributed by atoms with van der Waals surface area (Å²) in [5, 5.41) is 3.26. The number of nitrogens with one attached hydrogen (secondary N) is 2. The molecule has 2 heterocycles. The van der Waals surface area contributed by atoms with Crippen LogP contribution in [0.5, 0.6) is 5.88 Å². The van der Waals surface area contributed by atoms with E-state index in [4.69, 9.17) is 4.74 Å². The van der Waals surface area contributed by atoms with Gasteiger partial charge in [0.05, 0.1) is 11.9 Å². The first kappa shape index (κ1) is 15.0. The third-order valence-corrected chi connectivity index (χ3v) is 4.49. The number of rotatable bonds is 5. The molecule has 1 aliphatic heterocycles. The van der Waals surface area contributed by atoms with E-state index in [-0.39, 0.29) is 6.10 Å². The molecule has 20 heavy (non-hydrogen) atoms. The van der Waals surface area contributed by atoms with Crippen LogP contribution in [0, 0.1) is 0 Å². The fourth-order valence-electron chi connectivity index (χ4n) is 1.83. The van der Waals surface area contributed by atoms with Gasteiger partial charge in [0.25, 0.3) is 0 Å². The van der Waals surface area contributed by atoms with E-state index in [0.717, 1.165) is 30.2 Å². The molecule has 0 spiro atoms. The zero-order valence-electron chi connectivity index (χ0n) is 11.7. The van der Waals surface area contributed by atoms with Crippen molar-refractivity contribution in [1.82, 2.24) is 14.6 Å². The molecule has 1 aromatic heterocycles. The Labute approximate surface area is 119 Å². The highest BCUT2D eigenvalue weighted by Gasteiger charge is 2.16. The van der Waals surface area contributed by atoms with Gasteiger partial charge in [0.15, 0.2) is 0 Å². The number of aromatic nitrogens is 1. The molecule has 2 N–H and O–H groups in total. The fourth-order valence-corrected chi connectivity index (χ4v) is 2.44. The third kappa shape index (κ3) is 4.06. The molecule has 0 aliphatic carbocycles. The van der Waals surface area contributed by atoms with Gasteiger partial charge in [-0.2, -0.15) is 12.7 Å². The topological polar surface area (TPSA) is 83.6 Å². The number of piperidine rings is 1. The Morgan fingerprint density at radius 2 is 2.05 bits per heavy atom. The highest BCUT2D eigenvalue weighted by atomic mass is 32.2. The standard InChI is InChI=1S/C12H20N4O3S/c1-16(2)20(17,18)15-10-3-4-12(14-9-10)19-11-5-7-13-8-6-11/h3-4,9,11,13,15H,5-8H2,1-2H3. The van der Waals surface area contributed by atoms with Crippen LogP contribution in [-0.4, -0.2) is 51.0 Å². The van der Waals surface area contributed by atoms with E-state index < -0.39 is 10.2 Å². The van der Waals surface area contributed by atoms with E-state index in [1.54, 1.807) is 12.1 Å². The van der Waals surface area contributed by atoms with Crippen LogP contribution in [0.1, 0.15) is 12.8 Å². The van der Waals surface area contributed by atoms with Crippen molar-refractivity contribution < 1.29 is 13.2 Å². The third-order valence-electron chi connectivity index (χ3n) is 3.04. The van der Waals surface area contributed by atoms with Crippen LogP contribution < -0.4 is 14.8 Å². The largest absolute Gasteiger partial charge is 0.474 e. The van der Waals surface area contributed by atoms with Crippen molar-refractivity contribution in [3.8, 4) is 5.88 Å². The van der Waals surface area contributed by atoms with Crippen LogP contribution in [0.2, 0.25) is 0 Å². The molecule has 1 fully saturated rings. The lowest BCUT2D eigenvalue weighted by molar-refractivity contribution is 0.156. The second-order valence-corrected chi connectivity index (χ2v) is 6.73. The predicted octanol–water partition coefficient (Wildman–Crippen LogP) is 0.431. The summed E-state index contributed by atoms with van der Waals surface area (Å²) in [7, 11) is -0.572. The first-order chi connectivity index (χ1) is 9.47. The Bertz CT molecular complexity index is 524. The number of ether oxygens (including phenoxy) is 1. The highest BCUT2D eigenvalue weighted by Crippen LogP contribution is 2.17. The monoisotopic (exact) mass is 300 g/mol. The lowest BCUT2D eigenvalue weighted by Gasteiger charge is -2.23. The molecule has 0 saturated carbocycles. The number of hydrogen-bond acceptors (Lipinski definition) is 5. The second kappa shape index (κ2) is 6.38. The smallest absolute Gasteiger partial charge is 0.301 e. The number of pyridine rings is 1. The van der Waals surface area contributed by atoms with Crippen molar-refractivity contribution in [3.63, 3.8) is 0 Å². The molecule has 2 rings (SSSR count). The van der Waals surface area contributed by atoms with Crippen molar-refractivity contribution in [2.45, 2.75) is 18.9 Å². The first-order valence-corrected chi connectivity index (χ1v) is 7.95. The van der Waals surface area contributed by atoms with Gasteiger partial charge in [-0.15, -0.1) is 0 Å². The number of anilines is 1. The average Bonchev–Trinajstić information content (AvgIpc) is 2.42. The van der Waals surface area contributed by atoms with Gasteiger partial charge in [-0.3, -0.25) is 4.72 Å². The molecule has 0 aromatic carbocycles. The van der Waals surface area contributed by atoms with Gasteiger partial charge in [-0.05, 0) is 32.0 Å². The van der Waals surface area contributed by atoms with Gasteiger partial charge >= 0.3 is 10.2 Å². The summed E-state index contributed by atoms with van der Waals surface area (Å²) in [4.78, 5) is 4.13. The second-order valence-electron chi connectivity index (χ2n) is 4.84. The van der Waals surface area contributed by atoms with E-state index in [9.17, 15) is 8.42 Å². The molecule has 1 saturated heterocycles. The maximum atomic E-state index is 11.7. The van der Waals surface area contributed by atoms with Gasteiger partial charge in [0, 0.05) is 20.2 Å². The maximum absolute atomic E-state index is 11.7.